The Kier molecular flexibility index (Phi) is 6.59. The Bertz CT molecular complexity index is 912. The molecular weight excluding hydrogens is 436 g/mol. The molecule has 1 aromatic heterocycles. The SMILES string of the molecule is Cn1c(COc2cc(Cl)ccc2Cl)nnc1SCc1c(Cl)cccc1Cl. The van der Waals surface area contributed by atoms with Gasteiger partial charge in [-0.15, -0.1) is 10.2 Å². The molecule has 0 bridgehead atoms. The van der Waals surface area contributed by atoms with Crippen molar-refractivity contribution in [2.24, 2.45) is 7.05 Å². The molecule has 0 unspecified atom stereocenters. The van der Waals surface area contributed by atoms with Gasteiger partial charge in [-0.1, -0.05) is 64.2 Å². The first-order valence-corrected chi connectivity index (χ1v) is 9.97. The van der Waals surface area contributed by atoms with E-state index in [9.17, 15) is 0 Å². The molecule has 0 saturated heterocycles. The standard InChI is InChI=1S/C17H13Cl4N3OS/c1-24-16(8-25-15-7-10(18)5-6-14(15)21)22-23-17(24)26-9-11-12(19)3-2-4-13(11)20/h2-7H,8-9H2,1H3. The summed E-state index contributed by atoms with van der Waals surface area (Å²) in [5.74, 6) is 1.75. The maximum absolute atomic E-state index is 6.20. The quantitative estimate of drug-likeness (QED) is 0.414. The molecule has 0 aliphatic heterocycles. The van der Waals surface area contributed by atoms with Gasteiger partial charge in [0.1, 0.15) is 12.4 Å². The van der Waals surface area contributed by atoms with Crippen molar-refractivity contribution in [3.8, 4) is 5.75 Å². The lowest BCUT2D eigenvalue weighted by atomic mass is 10.2. The van der Waals surface area contributed by atoms with Crippen LogP contribution in [0.5, 0.6) is 5.75 Å². The summed E-state index contributed by atoms with van der Waals surface area (Å²) in [6, 6.07) is 10.5. The van der Waals surface area contributed by atoms with Gasteiger partial charge in [0.15, 0.2) is 11.0 Å². The van der Waals surface area contributed by atoms with Gasteiger partial charge in [0.25, 0.3) is 0 Å². The number of halogens is 4. The van der Waals surface area contributed by atoms with E-state index in [0.717, 1.165) is 10.7 Å². The molecule has 0 radical (unpaired) electrons. The number of hydrogen-bond donors (Lipinski definition) is 0. The van der Waals surface area contributed by atoms with E-state index in [1.54, 1.807) is 18.2 Å². The van der Waals surface area contributed by atoms with E-state index in [1.165, 1.54) is 11.8 Å². The van der Waals surface area contributed by atoms with Gasteiger partial charge in [0, 0.05) is 33.9 Å². The Hall–Kier alpha value is -1.11. The number of thioether (sulfide) groups is 1. The van der Waals surface area contributed by atoms with E-state index in [4.69, 9.17) is 51.1 Å². The van der Waals surface area contributed by atoms with Crippen LogP contribution in [0.1, 0.15) is 11.4 Å². The first kappa shape index (κ1) is 19.6. The van der Waals surface area contributed by atoms with Crippen LogP contribution in [0.4, 0.5) is 0 Å². The van der Waals surface area contributed by atoms with Gasteiger partial charge < -0.3 is 9.30 Å². The van der Waals surface area contributed by atoms with Crippen molar-refractivity contribution < 1.29 is 4.74 Å². The lowest BCUT2D eigenvalue weighted by Gasteiger charge is -2.09. The number of nitrogens with zero attached hydrogens (tertiary/aromatic N) is 3. The van der Waals surface area contributed by atoms with Crippen LogP contribution in [0.25, 0.3) is 0 Å². The van der Waals surface area contributed by atoms with Gasteiger partial charge in [-0.25, -0.2) is 0 Å². The summed E-state index contributed by atoms with van der Waals surface area (Å²) in [4.78, 5) is 0. The minimum atomic E-state index is 0.219. The molecule has 1 heterocycles. The van der Waals surface area contributed by atoms with Crippen LogP contribution in [0.2, 0.25) is 20.1 Å². The highest BCUT2D eigenvalue weighted by atomic mass is 35.5. The van der Waals surface area contributed by atoms with Crippen LogP contribution < -0.4 is 4.74 Å². The maximum Gasteiger partial charge on any atom is 0.191 e. The lowest BCUT2D eigenvalue weighted by molar-refractivity contribution is 0.290. The third-order valence-electron chi connectivity index (χ3n) is 3.58. The van der Waals surface area contributed by atoms with Gasteiger partial charge in [0.2, 0.25) is 0 Å². The van der Waals surface area contributed by atoms with Crippen LogP contribution in [0.15, 0.2) is 41.6 Å². The number of ether oxygens (including phenoxy) is 1. The highest BCUT2D eigenvalue weighted by Gasteiger charge is 2.13. The molecule has 0 fully saturated rings. The Morgan fingerprint density at radius 1 is 1.00 bits per heavy atom. The normalized spacial score (nSPS) is 11.0. The molecular formula is C17H13Cl4N3OS. The number of aromatic nitrogens is 3. The van der Waals surface area contributed by atoms with Gasteiger partial charge in [-0.2, -0.15) is 0 Å². The summed E-state index contributed by atoms with van der Waals surface area (Å²) < 4.78 is 7.56. The van der Waals surface area contributed by atoms with Crippen LogP contribution in [0, 0.1) is 0 Å². The molecule has 0 aliphatic rings. The van der Waals surface area contributed by atoms with Crippen molar-refractivity contribution >= 4 is 58.2 Å². The van der Waals surface area contributed by atoms with Crippen LogP contribution in [-0.2, 0) is 19.4 Å². The molecule has 136 valence electrons. The molecule has 0 aliphatic carbocycles. The van der Waals surface area contributed by atoms with E-state index in [-0.39, 0.29) is 6.61 Å². The summed E-state index contributed by atoms with van der Waals surface area (Å²) in [6.07, 6.45) is 0. The van der Waals surface area contributed by atoms with Crippen molar-refractivity contribution in [1.29, 1.82) is 0 Å². The molecule has 0 N–H and O–H groups in total. The third kappa shape index (κ3) is 4.59. The number of benzene rings is 2. The topological polar surface area (TPSA) is 39.9 Å². The van der Waals surface area contributed by atoms with Crippen LogP contribution >= 0.6 is 58.2 Å². The van der Waals surface area contributed by atoms with Crippen LogP contribution in [0.3, 0.4) is 0 Å². The highest BCUT2D eigenvalue weighted by Crippen LogP contribution is 2.31. The zero-order valence-electron chi connectivity index (χ0n) is 13.5. The Morgan fingerprint density at radius 3 is 2.46 bits per heavy atom. The van der Waals surface area contributed by atoms with E-state index < -0.39 is 0 Å². The zero-order chi connectivity index (χ0) is 18.7. The fourth-order valence-electron chi connectivity index (χ4n) is 2.13. The average molecular weight is 449 g/mol. The van der Waals surface area contributed by atoms with Crippen LogP contribution in [-0.4, -0.2) is 14.8 Å². The summed E-state index contributed by atoms with van der Waals surface area (Å²) in [7, 11) is 1.87. The molecule has 3 aromatic rings. The molecule has 9 heteroatoms. The van der Waals surface area contributed by atoms with E-state index in [2.05, 4.69) is 10.2 Å². The molecule has 4 nitrogen and oxygen atoms in total. The zero-order valence-corrected chi connectivity index (χ0v) is 17.4. The molecule has 26 heavy (non-hydrogen) atoms. The van der Waals surface area contributed by atoms with Gasteiger partial charge >= 0.3 is 0 Å². The molecule has 3 rings (SSSR count). The predicted molar refractivity (Wildman–Crippen MR) is 108 cm³/mol. The predicted octanol–water partition coefficient (Wildman–Crippen LogP) is 6.30. The summed E-state index contributed by atoms with van der Waals surface area (Å²) >= 11 is 26.0. The molecule has 0 atom stereocenters. The molecule has 0 amide bonds. The molecule has 0 saturated carbocycles. The lowest BCUT2D eigenvalue weighted by Crippen LogP contribution is -2.04. The van der Waals surface area contributed by atoms with Crippen molar-refractivity contribution in [1.82, 2.24) is 14.8 Å². The van der Waals surface area contributed by atoms with E-state index in [0.29, 0.717) is 37.4 Å². The van der Waals surface area contributed by atoms with Gasteiger partial charge in [0.05, 0.1) is 5.02 Å². The largest absolute Gasteiger partial charge is 0.484 e. The highest BCUT2D eigenvalue weighted by molar-refractivity contribution is 7.98. The number of hydrogen-bond acceptors (Lipinski definition) is 4. The Morgan fingerprint density at radius 2 is 1.73 bits per heavy atom. The van der Waals surface area contributed by atoms with E-state index in [1.807, 2.05) is 29.8 Å². The first-order chi connectivity index (χ1) is 12.5. The summed E-state index contributed by atoms with van der Waals surface area (Å²) in [6.45, 7) is 0.219. The van der Waals surface area contributed by atoms with Gasteiger partial charge in [-0.05, 0) is 29.8 Å². The third-order valence-corrected chi connectivity index (χ3v) is 5.88. The minimum absolute atomic E-state index is 0.219. The fourth-order valence-corrected chi connectivity index (χ4v) is 4.14. The summed E-state index contributed by atoms with van der Waals surface area (Å²) in [5.41, 5.74) is 0.868. The average Bonchev–Trinajstić information content (AvgIpc) is 2.95. The smallest absolute Gasteiger partial charge is 0.191 e. The van der Waals surface area contributed by atoms with Crippen molar-refractivity contribution in [2.45, 2.75) is 17.5 Å². The van der Waals surface area contributed by atoms with Crippen molar-refractivity contribution in [3.05, 3.63) is 67.9 Å². The van der Waals surface area contributed by atoms with E-state index >= 15 is 0 Å². The molecule has 0 spiro atoms. The Labute approximate surface area is 175 Å². The minimum Gasteiger partial charge on any atom is -0.484 e. The second-order valence-corrected chi connectivity index (χ2v) is 7.91. The number of rotatable bonds is 6. The summed E-state index contributed by atoms with van der Waals surface area (Å²) in [5, 5.41) is 11.4. The van der Waals surface area contributed by atoms with Crippen molar-refractivity contribution in [2.75, 3.05) is 0 Å². The second-order valence-electron chi connectivity index (χ2n) is 5.31. The van der Waals surface area contributed by atoms with Crippen molar-refractivity contribution in [3.63, 3.8) is 0 Å². The maximum atomic E-state index is 6.20. The first-order valence-electron chi connectivity index (χ1n) is 7.47. The second kappa shape index (κ2) is 8.72. The molecule has 2 aromatic carbocycles. The monoisotopic (exact) mass is 447 g/mol. The fraction of sp³-hybridized carbons (Fsp3) is 0.176. The Balaban J connectivity index is 1.67. The van der Waals surface area contributed by atoms with Gasteiger partial charge in [-0.3, -0.25) is 0 Å².